The van der Waals surface area contributed by atoms with E-state index in [-0.39, 0.29) is 11.3 Å². The Morgan fingerprint density at radius 2 is 2.08 bits per heavy atom. The van der Waals surface area contributed by atoms with Crippen LogP contribution in [-0.2, 0) is 13.5 Å². The summed E-state index contributed by atoms with van der Waals surface area (Å²) in [5.74, 6) is -1.20. The van der Waals surface area contributed by atoms with Crippen molar-refractivity contribution in [3.8, 4) is 0 Å². The third-order valence-corrected chi connectivity index (χ3v) is 4.44. The zero-order valence-corrected chi connectivity index (χ0v) is 14.5. The van der Waals surface area contributed by atoms with Gasteiger partial charge in [0.2, 0.25) is 0 Å². The second kappa shape index (κ2) is 6.87. The second-order valence-corrected chi connectivity index (χ2v) is 6.21. The topological polar surface area (TPSA) is 97.4 Å². The van der Waals surface area contributed by atoms with E-state index in [0.717, 1.165) is 11.6 Å². The van der Waals surface area contributed by atoms with Crippen LogP contribution >= 0.6 is 0 Å². The molecule has 1 aromatic heterocycles. The van der Waals surface area contributed by atoms with Crippen LogP contribution < -0.4 is 5.32 Å². The SMILES string of the molecule is Cc1cccc2c(CCNc3ccc([N+](=O)[O-])cc3C(=O)O)cn(C)c12. The quantitative estimate of drug-likeness (QED) is 0.519. The van der Waals surface area contributed by atoms with Crippen LogP contribution in [0, 0.1) is 17.0 Å². The smallest absolute Gasteiger partial charge is 0.338 e. The van der Waals surface area contributed by atoms with Crippen molar-refractivity contribution in [2.45, 2.75) is 13.3 Å². The van der Waals surface area contributed by atoms with Crippen LogP contribution in [0.1, 0.15) is 21.5 Å². The Kier molecular flexibility index (Phi) is 4.62. The van der Waals surface area contributed by atoms with Gasteiger partial charge in [0, 0.05) is 43.0 Å². The number of nitrogens with zero attached hydrogens (tertiary/aromatic N) is 2. The number of rotatable bonds is 6. The summed E-state index contributed by atoms with van der Waals surface area (Å²) in [5, 5.41) is 24.4. The van der Waals surface area contributed by atoms with Gasteiger partial charge in [0.25, 0.3) is 5.69 Å². The number of aryl methyl sites for hydroxylation is 2. The fraction of sp³-hybridized carbons (Fsp3) is 0.211. The standard InChI is InChI=1S/C19H19N3O4/c1-12-4-3-5-15-13(11-21(2)18(12)15)8-9-20-17-7-6-14(22(25)26)10-16(17)19(23)24/h3-7,10-11,20H,8-9H2,1-2H3,(H,23,24). The molecule has 7 heteroatoms. The number of carboxylic acids is 1. The fourth-order valence-corrected chi connectivity index (χ4v) is 3.26. The molecule has 7 nitrogen and oxygen atoms in total. The van der Waals surface area contributed by atoms with Crippen LogP contribution in [-0.4, -0.2) is 27.1 Å². The van der Waals surface area contributed by atoms with E-state index in [1.54, 1.807) is 0 Å². The van der Waals surface area contributed by atoms with Crippen molar-refractivity contribution >= 4 is 28.2 Å². The first kappa shape index (κ1) is 17.5. The lowest BCUT2D eigenvalue weighted by Gasteiger charge is -2.09. The van der Waals surface area contributed by atoms with E-state index in [2.05, 4.69) is 35.1 Å². The van der Waals surface area contributed by atoms with Crippen molar-refractivity contribution in [3.05, 3.63) is 69.4 Å². The van der Waals surface area contributed by atoms with Crippen LogP contribution in [0.5, 0.6) is 0 Å². The number of benzene rings is 2. The van der Waals surface area contributed by atoms with Gasteiger partial charge in [0.05, 0.1) is 16.0 Å². The summed E-state index contributed by atoms with van der Waals surface area (Å²) >= 11 is 0. The highest BCUT2D eigenvalue weighted by molar-refractivity contribution is 5.95. The van der Waals surface area contributed by atoms with Crippen molar-refractivity contribution < 1.29 is 14.8 Å². The first-order valence-corrected chi connectivity index (χ1v) is 8.17. The van der Waals surface area contributed by atoms with Crippen LogP contribution in [0.4, 0.5) is 11.4 Å². The van der Waals surface area contributed by atoms with Gasteiger partial charge < -0.3 is 15.0 Å². The van der Waals surface area contributed by atoms with E-state index in [4.69, 9.17) is 0 Å². The predicted molar refractivity (Wildman–Crippen MR) is 99.9 cm³/mol. The molecule has 0 fully saturated rings. The molecule has 0 aliphatic rings. The van der Waals surface area contributed by atoms with E-state index in [0.29, 0.717) is 18.7 Å². The molecule has 0 atom stereocenters. The molecule has 0 amide bonds. The van der Waals surface area contributed by atoms with E-state index in [9.17, 15) is 20.0 Å². The molecule has 0 aliphatic carbocycles. The first-order valence-electron chi connectivity index (χ1n) is 8.17. The molecule has 26 heavy (non-hydrogen) atoms. The maximum Gasteiger partial charge on any atom is 0.338 e. The van der Waals surface area contributed by atoms with Gasteiger partial charge in [-0.15, -0.1) is 0 Å². The van der Waals surface area contributed by atoms with Crippen molar-refractivity contribution in [3.63, 3.8) is 0 Å². The summed E-state index contributed by atoms with van der Waals surface area (Å²) in [7, 11) is 2.01. The van der Waals surface area contributed by atoms with Crippen molar-refractivity contribution in [1.29, 1.82) is 0 Å². The minimum Gasteiger partial charge on any atom is -0.478 e. The molecule has 3 aromatic rings. The van der Waals surface area contributed by atoms with Gasteiger partial charge in [0.1, 0.15) is 0 Å². The Morgan fingerprint density at radius 1 is 1.31 bits per heavy atom. The Hall–Kier alpha value is -3.35. The number of carbonyl (C=O) groups is 1. The molecular formula is C19H19N3O4. The molecule has 0 saturated carbocycles. The van der Waals surface area contributed by atoms with Crippen LogP contribution in [0.15, 0.2) is 42.6 Å². The molecule has 0 saturated heterocycles. The van der Waals surface area contributed by atoms with Gasteiger partial charge in [0.15, 0.2) is 0 Å². The van der Waals surface area contributed by atoms with Crippen molar-refractivity contribution in [2.75, 3.05) is 11.9 Å². The summed E-state index contributed by atoms with van der Waals surface area (Å²) in [6, 6.07) is 9.98. The normalized spacial score (nSPS) is 10.8. The lowest BCUT2D eigenvalue weighted by atomic mass is 10.1. The third-order valence-electron chi connectivity index (χ3n) is 4.44. The van der Waals surface area contributed by atoms with Gasteiger partial charge >= 0.3 is 5.97 Å². The number of hydrogen-bond donors (Lipinski definition) is 2. The lowest BCUT2D eigenvalue weighted by molar-refractivity contribution is -0.384. The molecule has 0 aliphatic heterocycles. The summed E-state index contributed by atoms with van der Waals surface area (Å²) in [5.41, 5.74) is 3.58. The van der Waals surface area contributed by atoms with Gasteiger partial charge in [-0.2, -0.15) is 0 Å². The van der Waals surface area contributed by atoms with Gasteiger partial charge in [-0.3, -0.25) is 10.1 Å². The van der Waals surface area contributed by atoms with Gasteiger partial charge in [-0.25, -0.2) is 4.79 Å². The number of fused-ring (bicyclic) bond motifs is 1. The Morgan fingerprint density at radius 3 is 2.77 bits per heavy atom. The number of aromatic carboxylic acids is 1. The third kappa shape index (κ3) is 3.23. The van der Waals surface area contributed by atoms with Gasteiger partial charge in [-0.1, -0.05) is 18.2 Å². The zero-order chi connectivity index (χ0) is 18.8. The fourth-order valence-electron chi connectivity index (χ4n) is 3.26. The van der Waals surface area contributed by atoms with E-state index < -0.39 is 10.9 Å². The number of non-ortho nitro benzene ring substituents is 1. The summed E-state index contributed by atoms with van der Waals surface area (Å²) in [6.07, 6.45) is 2.78. The molecule has 0 radical (unpaired) electrons. The molecule has 2 aromatic carbocycles. The van der Waals surface area contributed by atoms with Crippen molar-refractivity contribution in [1.82, 2.24) is 4.57 Å². The molecule has 3 rings (SSSR count). The van der Waals surface area contributed by atoms with E-state index in [1.807, 2.05) is 13.1 Å². The molecule has 0 unspecified atom stereocenters. The number of para-hydroxylation sites is 1. The molecular weight excluding hydrogens is 334 g/mol. The average Bonchev–Trinajstić information content (AvgIpc) is 2.92. The highest BCUT2D eigenvalue weighted by Gasteiger charge is 2.16. The number of nitro groups is 1. The second-order valence-electron chi connectivity index (χ2n) is 6.21. The van der Waals surface area contributed by atoms with Crippen LogP contribution in [0.2, 0.25) is 0 Å². The maximum atomic E-state index is 11.4. The average molecular weight is 353 g/mol. The highest BCUT2D eigenvalue weighted by Crippen LogP contribution is 2.25. The maximum absolute atomic E-state index is 11.4. The van der Waals surface area contributed by atoms with Crippen molar-refractivity contribution in [2.24, 2.45) is 7.05 Å². The Bertz CT molecular complexity index is 1010. The minimum atomic E-state index is -1.20. The first-order chi connectivity index (χ1) is 12.4. The Balaban J connectivity index is 1.80. The van der Waals surface area contributed by atoms with E-state index >= 15 is 0 Å². The predicted octanol–water partition coefficient (Wildman–Crippen LogP) is 3.75. The minimum absolute atomic E-state index is 0.104. The van der Waals surface area contributed by atoms with E-state index in [1.165, 1.54) is 28.6 Å². The lowest BCUT2D eigenvalue weighted by Crippen LogP contribution is -2.10. The number of aromatic nitrogens is 1. The summed E-state index contributed by atoms with van der Waals surface area (Å²) in [4.78, 5) is 21.6. The summed E-state index contributed by atoms with van der Waals surface area (Å²) < 4.78 is 2.09. The number of anilines is 1. The number of nitrogens with one attached hydrogen (secondary N) is 1. The molecule has 2 N–H and O–H groups in total. The van der Waals surface area contributed by atoms with Crippen LogP contribution in [0.25, 0.3) is 10.9 Å². The van der Waals surface area contributed by atoms with Gasteiger partial charge in [-0.05, 0) is 30.5 Å². The monoisotopic (exact) mass is 353 g/mol. The Labute approximate surface area is 150 Å². The molecule has 0 spiro atoms. The van der Waals surface area contributed by atoms with Crippen LogP contribution in [0.3, 0.4) is 0 Å². The zero-order valence-electron chi connectivity index (χ0n) is 14.5. The largest absolute Gasteiger partial charge is 0.478 e. The number of carboxylic acid groups (broad SMARTS) is 1. The molecule has 1 heterocycles. The summed E-state index contributed by atoms with van der Waals surface area (Å²) in [6.45, 7) is 2.59. The highest BCUT2D eigenvalue weighted by atomic mass is 16.6. The molecule has 0 bridgehead atoms. The molecule has 134 valence electrons. The number of nitro benzene ring substituents is 1. The number of hydrogen-bond acceptors (Lipinski definition) is 4.